The molecule has 5 aromatic rings. The van der Waals surface area contributed by atoms with Crippen LogP contribution in [-0.4, -0.2) is 19.2 Å². The van der Waals surface area contributed by atoms with Gasteiger partial charge in [-0.3, -0.25) is 0 Å². The first-order chi connectivity index (χ1) is 14.7. The maximum Gasteiger partial charge on any atom is 0.348 e. The Morgan fingerprint density at radius 2 is 1.70 bits per heavy atom. The van der Waals surface area contributed by atoms with Crippen LogP contribution in [0.15, 0.2) is 75.3 Å². The molecule has 30 heavy (non-hydrogen) atoms. The van der Waals surface area contributed by atoms with Crippen molar-refractivity contribution in [2.24, 2.45) is 0 Å². The van der Waals surface area contributed by atoms with Gasteiger partial charge in [0.25, 0.3) is 0 Å². The molecule has 2 aromatic heterocycles. The highest BCUT2D eigenvalue weighted by molar-refractivity contribution is 7.17. The lowest BCUT2D eigenvalue weighted by molar-refractivity contribution is 0.355. The third kappa shape index (κ3) is 2.93. The van der Waals surface area contributed by atoms with Crippen LogP contribution >= 0.6 is 11.3 Å². The number of thiophene rings is 1. The number of ether oxygens (including phenoxy) is 2. The van der Waals surface area contributed by atoms with E-state index < -0.39 is 5.63 Å². The summed E-state index contributed by atoms with van der Waals surface area (Å²) in [5.41, 5.74) is 2.00. The highest BCUT2D eigenvalue weighted by atomic mass is 32.1. The summed E-state index contributed by atoms with van der Waals surface area (Å²) in [5.74, 6) is 1.55. The van der Waals surface area contributed by atoms with Gasteiger partial charge in [-0.15, -0.1) is 11.3 Å². The lowest BCUT2D eigenvalue weighted by Gasteiger charge is -2.09. The average molecular weight is 415 g/mol. The van der Waals surface area contributed by atoms with Gasteiger partial charge in [0, 0.05) is 16.5 Å². The molecule has 5 nitrogen and oxygen atoms in total. The van der Waals surface area contributed by atoms with Crippen molar-refractivity contribution >= 4 is 32.3 Å². The summed E-state index contributed by atoms with van der Waals surface area (Å²) < 4.78 is 16.4. The second kappa shape index (κ2) is 7.31. The predicted molar refractivity (Wildman–Crippen MR) is 120 cm³/mol. The zero-order valence-corrected chi connectivity index (χ0v) is 17.2. The number of nitrogens with zero attached hydrogens (tertiary/aromatic N) is 1. The quantitative estimate of drug-likeness (QED) is 0.374. The van der Waals surface area contributed by atoms with Gasteiger partial charge >= 0.3 is 5.63 Å². The maximum absolute atomic E-state index is 13.0. The number of methoxy groups -OCH3 is 2. The van der Waals surface area contributed by atoms with Crippen molar-refractivity contribution in [3.8, 4) is 34.1 Å². The summed E-state index contributed by atoms with van der Waals surface area (Å²) in [6.45, 7) is 0. The molecule has 0 saturated carbocycles. The van der Waals surface area contributed by atoms with Gasteiger partial charge in [0.1, 0.15) is 10.2 Å². The summed E-state index contributed by atoms with van der Waals surface area (Å²) >= 11 is 1.42. The normalized spacial score (nSPS) is 11.1. The highest BCUT2D eigenvalue weighted by Gasteiger charge is 2.18. The average Bonchev–Trinajstić information content (AvgIpc) is 3.23. The Kier molecular flexibility index (Phi) is 4.48. The Labute approximate surface area is 176 Å². The smallest absolute Gasteiger partial charge is 0.348 e. The first-order valence-corrected chi connectivity index (χ1v) is 10.2. The van der Waals surface area contributed by atoms with Crippen LogP contribution in [0.3, 0.4) is 0 Å². The fourth-order valence-corrected chi connectivity index (χ4v) is 4.55. The number of hydrogen-bond acceptors (Lipinski definition) is 6. The molecule has 0 aliphatic carbocycles. The van der Waals surface area contributed by atoms with Gasteiger partial charge in [-0.25, -0.2) is 9.78 Å². The van der Waals surface area contributed by atoms with E-state index in [2.05, 4.69) is 4.98 Å². The summed E-state index contributed by atoms with van der Waals surface area (Å²) in [5, 5.41) is 4.45. The third-order valence-electron chi connectivity index (χ3n) is 5.08. The van der Waals surface area contributed by atoms with Gasteiger partial charge in [-0.05, 0) is 34.5 Å². The first kappa shape index (κ1) is 18.4. The number of benzene rings is 3. The molecule has 0 bridgehead atoms. The molecule has 0 atom stereocenters. The minimum atomic E-state index is -0.408. The molecule has 0 unspecified atom stereocenters. The third-order valence-corrected chi connectivity index (χ3v) is 5.96. The first-order valence-electron chi connectivity index (χ1n) is 9.32. The lowest BCUT2D eigenvalue weighted by Crippen LogP contribution is -2.02. The van der Waals surface area contributed by atoms with E-state index in [0.717, 1.165) is 27.5 Å². The molecule has 148 valence electrons. The predicted octanol–water partition coefficient (Wildman–Crippen LogP) is 5.75. The van der Waals surface area contributed by atoms with E-state index in [-0.39, 0.29) is 0 Å². The number of aromatic nitrogens is 1. The SMILES string of the molecule is COc1ccc(-c2csc3nc(-c4cccc5ccccc45)oc(=O)c23)cc1OC. The molecule has 6 heteroatoms. The molecular weight excluding hydrogens is 398 g/mol. The van der Waals surface area contributed by atoms with Crippen LogP contribution in [0.4, 0.5) is 0 Å². The zero-order chi connectivity index (χ0) is 20.7. The van der Waals surface area contributed by atoms with E-state index in [1.54, 1.807) is 14.2 Å². The van der Waals surface area contributed by atoms with Crippen LogP contribution in [0.2, 0.25) is 0 Å². The zero-order valence-electron chi connectivity index (χ0n) is 16.3. The summed E-state index contributed by atoms with van der Waals surface area (Å²) in [6.07, 6.45) is 0. The van der Waals surface area contributed by atoms with E-state index in [1.807, 2.05) is 66.0 Å². The fourth-order valence-electron chi connectivity index (χ4n) is 3.62. The van der Waals surface area contributed by atoms with E-state index >= 15 is 0 Å². The molecule has 3 aromatic carbocycles. The van der Waals surface area contributed by atoms with Crippen LogP contribution < -0.4 is 15.1 Å². The van der Waals surface area contributed by atoms with Crippen LogP contribution in [0.1, 0.15) is 0 Å². The second-order valence-corrected chi connectivity index (χ2v) is 7.59. The van der Waals surface area contributed by atoms with Crippen molar-refractivity contribution in [1.82, 2.24) is 4.98 Å². The molecular formula is C24H17NO4S. The van der Waals surface area contributed by atoms with Crippen LogP contribution in [0.5, 0.6) is 11.5 Å². The topological polar surface area (TPSA) is 61.6 Å². The van der Waals surface area contributed by atoms with Gasteiger partial charge in [0.2, 0.25) is 5.89 Å². The van der Waals surface area contributed by atoms with Crippen LogP contribution in [0.25, 0.3) is 43.6 Å². The van der Waals surface area contributed by atoms with Gasteiger partial charge in [0.15, 0.2) is 11.5 Å². The van der Waals surface area contributed by atoms with Crippen molar-refractivity contribution in [3.05, 3.63) is 76.5 Å². The van der Waals surface area contributed by atoms with E-state index in [0.29, 0.717) is 27.6 Å². The van der Waals surface area contributed by atoms with Gasteiger partial charge in [0.05, 0.1) is 14.2 Å². The monoisotopic (exact) mass is 415 g/mol. The molecule has 2 heterocycles. The lowest BCUT2D eigenvalue weighted by atomic mass is 10.0. The minimum absolute atomic E-state index is 0.324. The molecule has 0 N–H and O–H groups in total. The highest BCUT2D eigenvalue weighted by Crippen LogP contribution is 2.37. The van der Waals surface area contributed by atoms with Crippen molar-refractivity contribution in [1.29, 1.82) is 0 Å². The Bertz CT molecular complexity index is 1450. The Morgan fingerprint density at radius 3 is 2.53 bits per heavy atom. The second-order valence-electron chi connectivity index (χ2n) is 6.73. The summed E-state index contributed by atoms with van der Waals surface area (Å²) in [6, 6.07) is 19.4. The van der Waals surface area contributed by atoms with E-state index in [9.17, 15) is 4.79 Å². The molecule has 0 amide bonds. The molecule has 0 aliphatic rings. The standard InChI is InChI=1S/C24H17NO4S/c1-27-19-11-10-15(12-20(19)28-2)18-13-30-23-21(18)24(26)29-22(25-23)17-9-5-7-14-6-3-4-8-16(14)17/h3-13H,1-2H3. The number of fused-ring (bicyclic) bond motifs is 2. The molecule has 0 aliphatic heterocycles. The number of rotatable bonds is 4. The minimum Gasteiger partial charge on any atom is -0.493 e. The molecule has 5 rings (SSSR count). The molecule has 0 saturated heterocycles. The van der Waals surface area contributed by atoms with Gasteiger partial charge in [-0.2, -0.15) is 0 Å². The largest absolute Gasteiger partial charge is 0.493 e. The molecule has 0 spiro atoms. The van der Waals surface area contributed by atoms with Crippen molar-refractivity contribution in [3.63, 3.8) is 0 Å². The van der Waals surface area contributed by atoms with Crippen molar-refractivity contribution in [2.75, 3.05) is 14.2 Å². The molecule has 0 radical (unpaired) electrons. The Hall–Kier alpha value is -3.64. The Balaban J connectivity index is 1.69. The number of hydrogen-bond donors (Lipinski definition) is 0. The van der Waals surface area contributed by atoms with Crippen LogP contribution in [-0.2, 0) is 0 Å². The van der Waals surface area contributed by atoms with Gasteiger partial charge < -0.3 is 13.9 Å². The Morgan fingerprint density at radius 1 is 0.900 bits per heavy atom. The summed E-state index contributed by atoms with van der Waals surface area (Å²) in [4.78, 5) is 18.3. The van der Waals surface area contributed by atoms with E-state index in [1.165, 1.54) is 11.3 Å². The van der Waals surface area contributed by atoms with E-state index in [4.69, 9.17) is 13.9 Å². The van der Waals surface area contributed by atoms with Gasteiger partial charge in [-0.1, -0.05) is 42.5 Å². The van der Waals surface area contributed by atoms with Crippen molar-refractivity contribution in [2.45, 2.75) is 0 Å². The molecule has 0 fully saturated rings. The maximum atomic E-state index is 13.0. The van der Waals surface area contributed by atoms with Crippen molar-refractivity contribution < 1.29 is 13.9 Å². The fraction of sp³-hybridized carbons (Fsp3) is 0.0833. The van der Waals surface area contributed by atoms with Crippen LogP contribution in [0, 0.1) is 0 Å². The summed E-state index contributed by atoms with van der Waals surface area (Å²) in [7, 11) is 3.17.